The van der Waals surface area contributed by atoms with Crippen LogP contribution in [-0.2, 0) is 4.79 Å². The highest BCUT2D eigenvalue weighted by atomic mass is 32.2. The molecule has 0 N–H and O–H groups in total. The molecule has 1 saturated heterocycles. The molecule has 130 valence electrons. The van der Waals surface area contributed by atoms with Gasteiger partial charge < -0.3 is 4.90 Å². The Kier molecular flexibility index (Phi) is 5.60. The maximum Gasteiger partial charge on any atom is 0.232 e. The van der Waals surface area contributed by atoms with E-state index in [1.165, 1.54) is 24.6 Å². The summed E-state index contributed by atoms with van der Waals surface area (Å²) >= 11 is 1.38. The van der Waals surface area contributed by atoms with E-state index in [2.05, 4.69) is 12.1 Å². The maximum absolute atomic E-state index is 12.5. The zero-order valence-electron chi connectivity index (χ0n) is 14.8. The minimum absolute atomic E-state index is 0.152. The molecule has 0 spiro atoms. The molecule has 1 aliphatic rings. The Morgan fingerprint density at radius 1 is 1.20 bits per heavy atom. The lowest BCUT2D eigenvalue weighted by molar-refractivity contribution is -0.128. The van der Waals surface area contributed by atoms with Gasteiger partial charge in [0.15, 0.2) is 0 Å². The predicted molar refractivity (Wildman–Crippen MR) is 102 cm³/mol. The summed E-state index contributed by atoms with van der Waals surface area (Å²) in [4.78, 5) is 19.2. The molecule has 1 amide bonds. The van der Waals surface area contributed by atoms with E-state index < -0.39 is 0 Å². The molecule has 0 bridgehead atoms. The molecule has 2 heterocycles. The number of carbonyl (C=O) groups is 1. The number of fused-ring (bicyclic) bond motifs is 1. The second-order valence-electron chi connectivity index (χ2n) is 6.63. The van der Waals surface area contributed by atoms with Gasteiger partial charge in [-0.1, -0.05) is 36.7 Å². The first kappa shape index (κ1) is 17.8. The molecule has 1 aromatic carbocycles. The summed E-state index contributed by atoms with van der Waals surface area (Å²) in [5.41, 5.74) is 3.67. The highest BCUT2D eigenvalue weighted by Gasteiger charge is 2.17. The Hall–Kier alpha value is -2.06. The topological polar surface area (TPSA) is 57.0 Å². The molecule has 0 aliphatic carbocycles. The highest BCUT2D eigenvalue weighted by Crippen LogP contribution is 2.28. The number of amides is 1. The number of thioether (sulfide) groups is 1. The first-order valence-electron chi connectivity index (χ1n) is 8.82. The van der Waals surface area contributed by atoms with E-state index in [-0.39, 0.29) is 5.91 Å². The average molecular weight is 353 g/mol. The third kappa shape index (κ3) is 3.96. The van der Waals surface area contributed by atoms with Crippen LogP contribution in [0, 0.1) is 25.2 Å². The van der Waals surface area contributed by atoms with Crippen molar-refractivity contribution in [1.29, 1.82) is 5.26 Å². The lowest BCUT2D eigenvalue weighted by Crippen LogP contribution is -2.33. The normalized spacial score (nSPS) is 15.0. The molecule has 25 heavy (non-hydrogen) atoms. The number of aryl methyl sites for hydroxylation is 2. The van der Waals surface area contributed by atoms with Crippen molar-refractivity contribution in [2.45, 2.75) is 44.6 Å². The van der Waals surface area contributed by atoms with Crippen molar-refractivity contribution >= 4 is 28.6 Å². The number of pyridine rings is 1. The van der Waals surface area contributed by atoms with Crippen LogP contribution in [0.15, 0.2) is 23.2 Å². The molecular weight excluding hydrogens is 330 g/mol. The zero-order chi connectivity index (χ0) is 17.8. The summed E-state index contributed by atoms with van der Waals surface area (Å²) in [6.45, 7) is 5.76. The quantitative estimate of drug-likeness (QED) is 0.775. The summed E-state index contributed by atoms with van der Waals surface area (Å²) in [6.07, 6.45) is 4.60. The van der Waals surface area contributed by atoms with Gasteiger partial charge in [0.25, 0.3) is 0 Å². The van der Waals surface area contributed by atoms with Gasteiger partial charge in [-0.15, -0.1) is 0 Å². The third-order valence-corrected chi connectivity index (χ3v) is 5.76. The second-order valence-corrected chi connectivity index (χ2v) is 7.60. The van der Waals surface area contributed by atoms with E-state index in [4.69, 9.17) is 4.98 Å². The zero-order valence-corrected chi connectivity index (χ0v) is 15.7. The largest absolute Gasteiger partial charge is 0.342 e. The van der Waals surface area contributed by atoms with E-state index >= 15 is 0 Å². The number of benzene rings is 1. The van der Waals surface area contributed by atoms with Gasteiger partial charge in [0.2, 0.25) is 5.91 Å². The average Bonchev–Trinajstić information content (AvgIpc) is 2.91. The maximum atomic E-state index is 12.5. The molecular formula is C20H23N3OS. The fraction of sp³-hybridized carbons (Fsp3) is 0.450. The molecule has 3 rings (SSSR count). The molecule has 0 radical (unpaired) electrons. The Morgan fingerprint density at radius 2 is 1.88 bits per heavy atom. The molecule has 1 aromatic heterocycles. The molecule has 0 unspecified atom stereocenters. The Balaban J connectivity index is 1.82. The van der Waals surface area contributed by atoms with Gasteiger partial charge in [-0.3, -0.25) is 4.79 Å². The molecule has 4 nitrogen and oxygen atoms in total. The summed E-state index contributed by atoms with van der Waals surface area (Å²) in [5, 5.41) is 11.2. The fourth-order valence-electron chi connectivity index (χ4n) is 3.25. The van der Waals surface area contributed by atoms with E-state index in [1.54, 1.807) is 0 Å². The van der Waals surface area contributed by atoms with Crippen molar-refractivity contribution < 1.29 is 4.79 Å². The van der Waals surface area contributed by atoms with Gasteiger partial charge >= 0.3 is 0 Å². The first-order valence-corrected chi connectivity index (χ1v) is 9.80. The lowest BCUT2D eigenvalue weighted by Gasteiger charge is -2.20. The number of aromatic nitrogens is 1. The van der Waals surface area contributed by atoms with Crippen LogP contribution >= 0.6 is 11.8 Å². The summed E-state index contributed by atoms with van der Waals surface area (Å²) in [6, 6.07) is 8.25. The van der Waals surface area contributed by atoms with E-state index in [0.29, 0.717) is 16.3 Å². The van der Waals surface area contributed by atoms with Crippen molar-refractivity contribution in [1.82, 2.24) is 9.88 Å². The van der Waals surface area contributed by atoms with Crippen LogP contribution in [0.4, 0.5) is 0 Å². The summed E-state index contributed by atoms with van der Waals surface area (Å²) < 4.78 is 0. The molecule has 2 aromatic rings. The number of likely N-dealkylation sites (tertiary alicyclic amines) is 1. The van der Waals surface area contributed by atoms with E-state index in [0.717, 1.165) is 48.0 Å². The number of nitrogens with zero attached hydrogens (tertiary/aromatic N) is 3. The third-order valence-electron chi connectivity index (χ3n) is 4.78. The molecule has 5 heteroatoms. The van der Waals surface area contributed by atoms with Crippen molar-refractivity contribution in [2.75, 3.05) is 18.8 Å². The number of carbonyl (C=O) groups excluding carboxylic acids is 1. The van der Waals surface area contributed by atoms with Crippen molar-refractivity contribution in [3.63, 3.8) is 0 Å². The van der Waals surface area contributed by atoms with Crippen LogP contribution in [-0.4, -0.2) is 34.6 Å². The standard InChI is InChI=1S/C20H23N3OS/c1-14-7-8-15(2)19-17(14)11-16(12-21)20(22-19)25-13-18(24)23-9-5-3-4-6-10-23/h7-8,11H,3-6,9-10,13H2,1-2H3. The number of hydrogen-bond donors (Lipinski definition) is 0. The van der Waals surface area contributed by atoms with Crippen LogP contribution in [0.3, 0.4) is 0 Å². The van der Waals surface area contributed by atoms with Crippen molar-refractivity contribution in [3.8, 4) is 6.07 Å². The Bertz CT molecular complexity index is 833. The van der Waals surface area contributed by atoms with Crippen LogP contribution in [0.1, 0.15) is 42.4 Å². The number of hydrogen-bond acceptors (Lipinski definition) is 4. The summed E-state index contributed by atoms with van der Waals surface area (Å²) in [7, 11) is 0. The van der Waals surface area contributed by atoms with Crippen molar-refractivity contribution in [3.05, 3.63) is 34.9 Å². The van der Waals surface area contributed by atoms with Gasteiger partial charge in [0, 0.05) is 18.5 Å². The SMILES string of the molecule is Cc1ccc(C)c2nc(SCC(=O)N3CCCCCC3)c(C#N)cc12. The minimum atomic E-state index is 0.152. The van der Waals surface area contributed by atoms with Gasteiger partial charge in [-0.2, -0.15) is 5.26 Å². The molecule has 0 atom stereocenters. The van der Waals surface area contributed by atoms with Crippen LogP contribution in [0.2, 0.25) is 0 Å². The Morgan fingerprint density at radius 3 is 2.56 bits per heavy atom. The molecule has 0 saturated carbocycles. The summed E-state index contributed by atoms with van der Waals surface area (Å²) in [5.74, 6) is 0.497. The smallest absolute Gasteiger partial charge is 0.232 e. The van der Waals surface area contributed by atoms with Gasteiger partial charge in [-0.05, 0) is 43.9 Å². The van der Waals surface area contributed by atoms with Crippen LogP contribution < -0.4 is 0 Å². The Labute approximate surface area is 153 Å². The highest BCUT2D eigenvalue weighted by molar-refractivity contribution is 8.00. The fourth-order valence-corrected chi connectivity index (χ4v) is 4.11. The van der Waals surface area contributed by atoms with Gasteiger partial charge in [-0.25, -0.2) is 4.98 Å². The number of nitriles is 1. The van der Waals surface area contributed by atoms with Crippen LogP contribution in [0.5, 0.6) is 0 Å². The minimum Gasteiger partial charge on any atom is -0.342 e. The lowest BCUT2D eigenvalue weighted by atomic mass is 10.0. The van der Waals surface area contributed by atoms with E-state index in [9.17, 15) is 10.1 Å². The second kappa shape index (κ2) is 7.88. The van der Waals surface area contributed by atoms with E-state index in [1.807, 2.05) is 30.9 Å². The molecule has 1 aliphatic heterocycles. The van der Waals surface area contributed by atoms with Crippen LogP contribution in [0.25, 0.3) is 10.9 Å². The van der Waals surface area contributed by atoms with Crippen molar-refractivity contribution in [2.24, 2.45) is 0 Å². The first-order chi connectivity index (χ1) is 12.1. The predicted octanol–water partition coefficient (Wildman–Crippen LogP) is 4.22. The van der Waals surface area contributed by atoms with Gasteiger partial charge in [0.1, 0.15) is 11.1 Å². The molecule has 1 fully saturated rings. The number of rotatable bonds is 3. The monoisotopic (exact) mass is 353 g/mol. The van der Waals surface area contributed by atoms with Gasteiger partial charge in [0.05, 0.1) is 16.8 Å².